The second-order valence-electron chi connectivity index (χ2n) is 6.52. The Kier molecular flexibility index (Phi) is 3.22. The van der Waals surface area contributed by atoms with Gasteiger partial charge in [-0.25, -0.2) is 0 Å². The van der Waals surface area contributed by atoms with Gasteiger partial charge in [-0.15, -0.1) is 11.3 Å². The molecule has 0 saturated heterocycles. The van der Waals surface area contributed by atoms with E-state index in [4.69, 9.17) is 0 Å². The van der Waals surface area contributed by atoms with Crippen LogP contribution in [0.4, 0.5) is 5.00 Å². The van der Waals surface area contributed by atoms with Crippen molar-refractivity contribution in [1.29, 1.82) is 0 Å². The Hall–Kier alpha value is -1.81. The lowest BCUT2D eigenvalue weighted by molar-refractivity contribution is 0.0935. The van der Waals surface area contributed by atoms with Gasteiger partial charge in [-0.3, -0.25) is 4.79 Å². The molecule has 114 valence electrons. The molecule has 0 bridgehead atoms. The van der Waals surface area contributed by atoms with Crippen LogP contribution >= 0.6 is 11.3 Å². The highest BCUT2D eigenvalue weighted by molar-refractivity contribution is 7.16. The molecule has 22 heavy (non-hydrogen) atoms. The molecule has 0 radical (unpaired) electrons. The maximum absolute atomic E-state index is 12.6. The van der Waals surface area contributed by atoms with Crippen LogP contribution in [0.1, 0.15) is 51.4 Å². The van der Waals surface area contributed by atoms with Crippen LogP contribution in [0.15, 0.2) is 24.3 Å². The van der Waals surface area contributed by atoms with Crippen LogP contribution < -0.4 is 10.6 Å². The van der Waals surface area contributed by atoms with Gasteiger partial charge in [0.2, 0.25) is 0 Å². The first kappa shape index (κ1) is 13.8. The third-order valence-electron chi connectivity index (χ3n) is 4.70. The lowest BCUT2D eigenvalue weighted by atomic mass is 9.88. The van der Waals surface area contributed by atoms with Gasteiger partial charge in [0.05, 0.1) is 5.56 Å². The van der Waals surface area contributed by atoms with Gasteiger partial charge in [0.25, 0.3) is 5.91 Å². The van der Waals surface area contributed by atoms with Gasteiger partial charge in [0.1, 0.15) is 11.2 Å². The summed E-state index contributed by atoms with van der Waals surface area (Å²) in [7, 11) is 0. The van der Waals surface area contributed by atoms with E-state index in [0.717, 1.165) is 34.9 Å². The average Bonchev–Trinajstić information content (AvgIpc) is 2.85. The van der Waals surface area contributed by atoms with Crippen molar-refractivity contribution in [3.8, 4) is 0 Å². The van der Waals surface area contributed by atoms with Crippen LogP contribution in [0.2, 0.25) is 0 Å². The SMILES string of the molecule is Cc1ccc([C@@H]2NC(=O)c3c(sc4c3CC[C@H](C)C4)N2)cc1. The average molecular weight is 312 g/mol. The van der Waals surface area contributed by atoms with Crippen LogP contribution in [0.25, 0.3) is 0 Å². The normalized spacial score (nSPS) is 23.3. The monoisotopic (exact) mass is 312 g/mol. The molecule has 0 unspecified atom stereocenters. The molecular formula is C18H20N2OS. The van der Waals surface area contributed by atoms with E-state index in [1.54, 1.807) is 11.3 Å². The van der Waals surface area contributed by atoms with Crippen LogP contribution in [-0.2, 0) is 12.8 Å². The summed E-state index contributed by atoms with van der Waals surface area (Å²) >= 11 is 1.77. The van der Waals surface area contributed by atoms with Gasteiger partial charge in [-0.1, -0.05) is 36.8 Å². The van der Waals surface area contributed by atoms with Gasteiger partial charge in [0, 0.05) is 4.88 Å². The number of thiophene rings is 1. The molecule has 0 saturated carbocycles. The lowest BCUT2D eigenvalue weighted by Crippen LogP contribution is -2.38. The Labute approximate surface area is 134 Å². The van der Waals surface area contributed by atoms with Crippen molar-refractivity contribution in [2.75, 3.05) is 5.32 Å². The van der Waals surface area contributed by atoms with Crippen LogP contribution in [0.5, 0.6) is 0 Å². The zero-order valence-electron chi connectivity index (χ0n) is 12.9. The Morgan fingerprint density at radius 1 is 1.18 bits per heavy atom. The highest BCUT2D eigenvalue weighted by Crippen LogP contribution is 2.42. The highest BCUT2D eigenvalue weighted by atomic mass is 32.1. The number of carbonyl (C=O) groups is 1. The standard InChI is InChI=1S/C18H20N2OS/c1-10-3-6-12(7-4-10)16-19-17(21)15-13-8-5-11(2)9-14(13)22-18(15)20-16/h3-4,6-7,11,16,20H,5,8-9H2,1-2H3,(H,19,21)/t11-,16+/m0/s1. The predicted molar refractivity (Wildman–Crippen MR) is 90.5 cm³/mol. The van der Waals surface area contributed by atoms with Gasteiger partial charge in [0.15, 0.2) is 0 Å². The maximum Gasteiger partial charge on any atom is 0.256 e. The number of hydrogen-bond acceptors (Lipinski definition) is 3. The number of anilines is 1. The van der Waals surface area contributed by atoms with E-state index in [9.17, 15) is 4.79 Å². The largest absolute Gasteiger partial charge is 0.353 e. The smallest absolute Gasteiger partial charge is 0.256 e. The molecule has 4 heteroatoms. The van der Waals surface area contributed by atoms with Crippen molar-refractivity contribution in [2.45, 2.75) is 39.3 Å². The zero-order chi connectivity index (χ0) is 15.3. The molecular weight excluding hydrogens is 292 g/mol. The summed E-state index contributed by atoms with van der Waals surface area (Å²) in [6, 6.07) is 8.32. The molecule has 1 aromatic heterocycles. The molecule has 4 rings (SSSR count). The first-order valence-electron chi connectivity index (χ1n) is 7.90. The number of benzene rings is 1. The van der Waals surface area contributed by atoms with Crippen molar-refractivity contribution >= 4 is 22.2 Å². The summed E-state index contributed by atoms with van der Waals surface area (Å²) in [5.74, 6) is 0.801. The molecule has 2 aliphatic rings. The van der Waals surface area contributed by atoms with E-state index < -0.39 is 0 Å². The fraction of sp³-hybridized carbons (Fsp3) is 0.389. The first-order chi connectivity index (χ1) is 10.6. The van der Waals surface area contributed by atoms with E-state index in [1.165, 1.54) is 22.4 Å². The highest BCUT2D eigenvalue weighted by Gasteiger charge is 2.32. The Morgan fingerprint density at radius 2 is 1.95 bits per heavy atom. The molecule has 3 nitrogen and oxygen atoms in total. The van der Waals surface area contributed by atoms with E-state index >= 15 is 0 Å². The zero-order valence-corrected chi connectivity index (χ0v) is 13.7. The third-order valence-corrected chi connectivity index (χ3v) is 5.89. The number of amides is 1. The molecule has 2 atom stereocenters. The molecule has 1 aliphatic carbocycles. The summed E-state index contributed by atoms with van der Waals surface area (Å²) in [5.41, 5.74) is 4.51. The van der Waals surface area contributed by atoms with Gasteiger partial charge in [-0.05, 0) is 43.2 Å². The molecule has 2 N–H and O–H groups in total. The van der Waals surface area contributed by atoms with Gasteiger partial charge >= 0.3 is 0 Å². The predicted octanol–water partition coefficient (Wildman–Crippen LogP) is 4.04. The van der Waals surface area contributed by atoms with E-state index in [-0.39, 0.29) is 12.1 Å². The van der Waals surface area contributed by atoms with Gasteiger partial charge < -0.3 is 10.6 Å². The maximum atomic E-state index is 12.6. The van der Waals surface area contributed by atoms with Crippen molar-refractivity contribution < 1.29 is 4.79 Å². The summed E-state index contributed by atoms with van der Waals surface area (Å²) in [4.78, 5) is 14.0. The summed E-state index contributed by atoms with van der Waals surface area (Å²) in [6.45, 7) is 4.37. The number of aryl methyl sites for hydroxylation is 1. The molecule has 2 heterocycles. The first-order valence-corrected chi connectivity index (χ1v) is 8.72. The molecule has 1 aromatic carbocycles. The molecule has 0 fully saturated rings. The number of hydrogen-bond donors (Lipinski definition) is 2. The summed E-state index contributed by atoms with van der Waals surface area (Å²) in [6.07, 6.45) is 3.20. The van der Waals surface area contributed by atoms with Gasteiger partial charge in [-0.2, -0.15) is 0 Å². The summed E-state index contributed by atoms with van der Waals surface area (Å²) < 4.78 is 0. The third kappa shape index (κ3) is 2.22. The van der Waals surface area contributed by atoms with Crippen molar-refractivity contribution in [3.05, 3.63) is 51.4 Å². The van der Waals surface area contributed by atoms with E-state index in [1.807, 2.05) is 0 Å². The number of carbonyl (C=O) groups excluding carboxylic acids is 1. The molecule has 1 aliphatic heterocycles. The minimum Gasteiger partial charge on any atom is -0.353 e. The second-order valence-corrected chi connectivity index (χ2v) is 7.62. The molecule has 1 amide bonds. The minimum absolute atomic E-state index is 0.0754. The number of fused-ring (bicyclic) bond motifs is 3. The van der Waals surface area contributed by atoms with Crippen molar-refractivity contribution in [2.24, 2.45) is 5.92 Å². The topological polar surface area (TPSA) is 41.1 Å². The Bertz CT molecular complexity index is 732. The molecule has 0 spiro atoms. The Morgan fingerprint density at radius 3 is 2.73 bits per heavy atom. The van der Waals surface area contributed by atoms with E-state index in [2.05, 4.69) is 48.7 Å². The molecule has 2 aromatic rings. The van der Waals surface area contributed by atoms with Crippen LogP contribution in [0.3, 0.4) is 0 Å². The lowest BCUT2D eigenvalue weighted by Gasteiger charge is -2.27. The quantitative estimate of drug-likeness (QED) is 0.834. The fourth-order valence-corrected chi connectivity index (χ4v) is 4.82. The second kappa shape index (κ2) is 5.13. The number of rotatable bonds is 1. The van der Waals surface area contributed by atoms with Crippen molar-refractivity contribution in [1.82, 2.24) is 5.32 Å². The van der Waals surface area contributed by atoms with E-state index in [0.29, 0.717) is 0 Å². The summed E-state index contributed by atoms with van der Waals surface area (Å²) in [5, 5.41) is 7.68. The van der Waals surface area contributed by atoms with Crippen LogP contribution in [-0.4, -0.2) is 5.91 Å². The van der Waals surface area contributed by atoms with Crippen LogP contribution in [0, 0.1) is 12.8 Å². The minimum atomic E-state index is -0.127. The Balaban J connectivity index is 1.69. The number of nitrogens with one attached hydrogen (secondary N) is 2. The fourth-order valence-electron chi connectivity index (χ4n) is 3.39. The van der Waals surface area contributed by atoms with Crippen molar-refractivity contribution in [3.63, 3.8) is 0 Å².